The Bertz CT molecular complexity index is 1080. The topological polar surface area (TPSA) is 92.0 Å². The Kier molecular flexibility index (Phi) is 7.81. The molecule has 0 aliphatic heterocycles. The van der Waals surface area contributed by atoms with Crippen molar-refractivity contribution in [2.45, 2.75) is 32.6 Å². The molecule has 7 nitrogen and oxygen atoms in total. The molecule has 1 heterocycles. The number of benzene rings is 2. The number of hydrogen-bond acceptors (Lipinski definition) is 7. The summed E-state index contributed by atoms with van der Waals surface area (Å²) >= 11 is 0. The molecule has 0 saturated heterocycles. The number of fused-ring (bicyclic) bond motifs is 1. The van der Waals surface area contributed by atoms with Crippen molar-refractivity contribution in [2.24, 2.45) is 0 Å². The molecular weight excluding hydrogens is 400 g/mol. The normalized spacial score (nSPS) is 10.6. The van der Waals surface area contributed by atoms with Crippen LogP contribution in [0, 0.1) is 0 Å². The Hall–Kier alpha value is -3.61. The van der Waals surface area contributed by atoms with Crippen molar-refractivity contribution in [3.05, 3.63) is 70.6 Å². The minimum Gasteiger partial charge on any atom is -0.494 e. The summed E-state index contributed by atoms with van der Waals surface area (Å²) in [6.45, 7) is 2.74. The molecule has 0 spiro atoms. The van der Waals surface area contributed by atoms with Crippen LogP contribution in [0.15, 0.2) is 63.8 Å². The van der Waals surface area contributed by atoms with Gasteiger partial charge in [0.15, 0.2) is 0 Å². The largest absolute Gasteiger partial charge is 0.494 e. The number of rotatable bonds is 10. The molecule has 0 saturated carbocycles. The third-order valence-corrected chi connectivity index (χ3v) is 4.50. The van der Waals surface area contributed by atoms with Crippen LogP contribution in [0.5, 0.6) is 11.5 Å². The standard InChI is InChI=1S/C24H24O7/c1-2-22(25)29-15-5-3-4-14-28-19-10-7-18(8-11-19)24(27)30-20-12-6-17-9-13-23(26)31-21(17)16-20/h6-13,16H,2-5,14-15H2,1H3. The van der Waals surface area contributed by atoms with Gasteiger partial charge in [0.05, 0.1) is 18.8 Å². The van der Waals surface area contributed by atoms with Gasteiger partial charge in [-0.1, -0.05) is 6.92 Å². The molecule has 7 heteroatoms. The van der Waals surface area contributed by atoms with E-state index in [0.717, 1.165) is 24.6 Å². The van der Waals surface area contributed by atoms with Gasteiger partial charge in [0.25, 0.3) is 0 Å². The van der Waals surface area contributed by atoms with Crippen molar-refractivity contribution < 1.29 is 28.2 Å². The van der Waals surface area contributed by atoms with Crippen LogP contribution in [-0.2, 0) is 9.53 Å². The summed E-state index contributed by atoms with van der Waals surface area (Å²) in [6, 6.07) is 14.5. The molecule has 0 atom stereocenters. The quantitative estimate of drug-likeness (QED) is 0.205. The van der Waals surface area contributed by atoms with E-state index < -0.39 is 11.6 Å². The number of carbonyl (C=O) groups excluding carboxylic acids is 2. The second-order valence-corrected chi connectivity index (χ2v) is 6.85. The average molecular weight is 424 g/mol. The van der Waals surface area contributed by atoms with Gasteiger partial charge in [-0.15, -0.1) is 0 Å². The van der Waals surface area contributed by atoms with Gasteiger partial charge in [-0.25, -0.2) is 9.59 Å². The molecule has 162 valence electrons. The number of hydrogen-bond donors (Lipinski definition) is 0. The van der Waals surface area contributed by atoms with Gasteiger partial charge in [0.1, 0.15) is 17.1 Å². The van der Waals surface area contributed by atoms with E-state index in [-0.39, 0.29) is 11.7 Å². The van der Waals surface area contributed by atoms with Crippen molar-refractivity contribution >= 4 is 22.9 Å². The summed E-state index contributed by atoms with van der Waals surface area (Å²) in [7, 11) is 0. The summed E-state index contributed by atoms with van der Waals surface area (Å²) < 4.78 is 21.2. The second-order valence-electron chi connectivity index (χ2n) is 6.85. The fourth-order valence-corrected chi connectivity index (χ4v) is 2.82. The van der Waals surface area contributed by atoms with Crippen molar-refractivity contribution in [1.82, 2.24) is 0 Å². The van der Waals surface area contributed by atoms with E-state index >= 15 is 0 Å². The molecule has 0 aliphatic rings. The van der Waals surface area contributed by atoms with E-state index in [2.05, 4.69) is 0 Å². The first-order chi connectivity index (χ1) is 15.0. The maximum Gasteiger partial charge on any atom is 0.343 e. The van der Waals surface area contributed by atoms with Crippen LogP contribution < -0.4 is 15.1 Å². The van der Waals surface area contributed by atoms with Crippen molar-refractivity contribution in [3.8, 4) is 11.5 Å². The highest BCUT2D eigenvalue weighted by Crippen LogP contribution is 2.21. The molecule has 0 radical (unpaired) electrons. The lowest BCUT2D eigenvalue weighted by atomic mass is 10.2. The van der Waals surface area contributed by atoms with Gasteiger partial charge in [-0.3, -0.25) is 4.79 Å². The predicted octanol–water partition coefficient (Wildman–Crippen LogP) is 4.51. The van der Waals surface area contributed by atoms with Gasteiger partial charge in [-0.2, -0.15) is 0 Å². The lowest BCUT2D eigenvalue weighted by Crippen LogP contribution is -2.08. The average Bonchev–Trinajstić information content (AvgIpc) is 2.78. The van der Waals surface area contributed by atoms with E-state index in [4.69, 9.17) is 18.6 Å². The SMILES string of the molecule is CCC(=O)OCCCCCOc1ccc(C(=O)Oc2ccc3ccc(=O)oc3c2)cc1. The molecule has 0 aliphatic carbocycles. The van der Waals surface area contributed by atoms with Crippen LogP contribution in [0.2, 0.25) is 0 Å². The molecule has 31 heavy (non-hydrogen) atoms. The first-order valence-electron chi connectivity index (χ1n) is 10.2. The third kappa shape index (κ3) is 6.70. The minimum absolute atomic E-state index is 0.179. The van der Waals surface area contributed by atoms with Crippen molar-refractivity contribution in [3.63, 3.8) is 0 Å². The second kappa shape index (κ2) is 11.0. The Morgan fingerprint density at radius 1 is 0.871 bits per heavy atom. The van der Waals surface area contributed by atoms with E-state index in [1.807, 2.05) is 0 Å². The Balaban J connectivity index is 1.44. The summed E-state index contributed by atoms with van der Waals surface area (Å²) in [5.41, 5.74) is 0.260. The highest BCUT2D eigenvalue weighted by Gasteiger charge is 2.10. The summed E-state index contributed by atoms with van der Waals surface area (Å²) in [5, 5.41) is 0.739. The smallest absolute Gasteiger partial charge is 0.343 e. The number of carbonyl (C=O) groups is 2. The lowest BCUT2D eigenvalue weighted by molar-refractivity contribution is -0.143. The number of esters is 2. The molecule has 0 amide bonds. The lowest BCUT2D eigenvalue weighted by Gasteiger charge is -2.08. The monoisotopic (exact) mass is 424 g/mol. The van der Waals surface area contributed by atoms with Crippen LogP contribution >= 0.6 is 0 Å². The summed E-state index contributed by atoms with van der Waals surface area (Å²) in [5.74, 6) is 0.242. The molecule has 3 rings (SSSR count). The number of ether oxygens (including phenoxy) is 3. The summed E-state index contributed by atoms with van der Waals surface area (Å²) in [4.78, 5) is 34.7. The van der Waals surface area contributed by atoms with E-state index in [9.17, 15) is 14.4 Å². The molecule has 3 aromatic rings. The molecular formula is C24H24O7. The Morgan fingerprint density at radius 3 is 2.35 bits per heavy atom. The molecule has 1 aromatic heterocycles. The van der Waals surface area contributed by atoms with Crippen LogP contribution in [0.3, 0.4) is 0 Å². The zero-order valence-corrected chi connectivity index (χ0v) is 17.3. The maximum atomic E-state index is 12.4. The van der Waals surface area contributed by atoms with Crippen molar-refractivity contribution in [2.75, 3.05) is 13.2 Å². The molecule has 0 unspecified atom stereocenters. The van der Waals surface area contributed by atoms with Gasteiger partial charge >= 0.3 is 17.6 Å². The molecule has 2 aromatic carbocycles. The predicted molar refractivity (Wildman–Crippen MR) is 114 cm³/mol. The highest BCUT2D eigenvalue weighted by atomic mass is 16.5. The Labute approximate surface area is 179 Å². The summed E-state index contributed by atoms with van der Waals surface area (Å²) in [6.07, 6.45) is 2.93. The van der Waals surface area contributed by atoms with Gasteiger partial charge in [-0.05, 0) is 61.7 Å². The fourth-order valence-electron chi connectivity index (χ4n) is 2.82. The zero-order valence-electron chi connectivity index (χ0n) is 17.3. The fraction of sp³-hybridized carbons (Fsp3) is 0.292. The van der Waals surface area contributed by atoms with Crippen LogP contribution in [0.1, 0.15) is 43.0 Å². The number of unbranched alkanes of at least 4 members (excludes halogenated alkanes) is 2. The highest BCUT2D eigenvalue weighted by molar-refractivity contribution is 5.91. The molecule has 0 bridgehead atoms. The first-order valence-corrected chi connectivity index (χ1v) is 10.2. The molecule has 0 fully saturated rings. The maximum absolute atomic E-state index is 12.4. The van der Waals surface area contributed by atoms with Gasteiger partial charge < -0.3 is 18.6 Å². The van der Waals surface area contributed by atoms with Gasteiger partial charge in [0.2, 0.25) is 0 Å². The van der Waals surface area contributed by atoms with E-state index in [0.29, 0.717) is 36.5 Å². The third-order valence-electron chi connectivity index (χ3n) is 4.50. The minimum atomic E-state index is -0.522. The first kappa shape index (κ1) is 22.1. The van der Waals surface area contributed by atoms with Crippen LogP contribution in [0.4, 0.5) is 0 Å². The van der Waals surface area contributed by atoms with Crippen LogP contribution in [0.25, 0.3) is 11.0 Å². The van der Waals surface area contributed by atoms with Gasteiger partial charge in [0, 0.05) is 23.9 Å². The van der Waals surface area contributed by atoms with E-state index in [1.165, 1.54) is 12.1 Å². The van der Waals surface area contributed by atoms with Crippen LogP contribution in [-0.4, -0.2) is 25.2 Å². The molecule has 0 N–H and O–H groups in total. The van der Waals surface area contributed by atoms with E-state index in [1.54, 1.807) is 49.4 Å². The van der Waals surface area contributed by atoms with Crippen molar-refractivity contribution in [1.29, 1.82) is 0 Å². The zero-order chi connectivity index (χ0) is 22.1. The Morgan fingerprint density at radius 2 is 1.58 bits per heavy atom.